The molecule has 0 saturated heterocycles. The molecule has 3 aromatic rings. The Morgan fingerprint density at radius 1 is 0.842 bits per heavy atom. The van der Waals surface area contributed by atoms with Crippen molar-refractivity contribution in [2.24, 2.45) is 0 Å². The first kappa shape index (κ1) is 12.6. The summed E-state index contributed by atoms with van der Waals surface area (Å²) >= 11 is 0. The summed E-state index contributed by atoms with van der Waals surface area (Å²) in [4.78, 5) is 9.69. The van der Waals surface area contributed by atoms with Crippen LogP contribution in [0.4, 0.5) is 0 Å². The van der Waals surface area contributed by atoms with Crippen molar-refractivity contribution >= 4 is 6.41 Å². The monoisotopic (exact) mass is 252 g/mol. The number of carbonyl (C=O) groups excluding carboxylic acids is 1. The van der Waals surface area contributed by atoms with Gasteiger partial charge in [0.1, 0.15) is 6.33 Å². The number of benzene rings is 2. The minimum atomic E-state index is 0.514. The van der Waals surface area contributed by atoms with E-state index in [0.717, 1.165) is 4.68 Å². The van der Waals surface area contributed by atoms with Crippen LogP contribution in [0.15, 0.2) is 67.0 Å². The highest BCUT2D eigenvalue weighted by Gasteiger charge is 1.91. The summed E-state index contributed by atoms with van der Waals surface area (Å²) in [6, 6.07) is 20.8. The largest absolute Gasteiger partial charge is 0.276 e. The molecule has 2 aromatic carbocycles. The molecule has 0 aliphatic heterocycles. The van der Waals surface area contributed by atoms with Gasteiger partial charge >= 0.3 is 0 Å². The predicted molar refractivity (Wildman–Crippen MR) is 71.8 cm³/mol. The third-order valence-electron chi connectivity index (χ3n) is 2.35. The van der Waals surface area contributed by atoms with Crippen LogP contribution in [0, 0.1) is 0 Å². The van der Waals surface area contributed by atoms with Crippen LogP contribution in [-0.4, -0.2) is 26.6 Å². The topological polar surface area (TPSA) is 60.7 Å². The Morgan fingerprint density at radius 2 is 1.37 bits per heavy atom. The van der Waals surface area contributed by atoms with E-state index in [-0.39, 0.29) is 0 Å². The number of aromatic nitrogens is 4. The number of tetrazole rings is 1. The van der Waals surface area contributed by atoms with Gasteiger partial charge in [0.05, 0.1) is 0 Å². The highest BCUT2D eigenvalue weighted by molar-refractivity contribution is 5.62. The van der Waals surface area contributed by atoms with Gasteiger partial charge in [0.25, 0.3) is 0 Å². The molecule has 0 amide bonds. The molecule has 0 spiro atoms. The summed E-state index contributed by atoms with van der Waals surface area (Å²) in [6.07, 6.45) is 1.73. The Balaban J connectivity index is 0.000000163. The fraction of sp³-hybridized carbons (Fsp3) is 0. The van der Waals surface area contributed by atoms with E-state index >= 15 is 0 Å². The molecule has 1 heterocycles. The predicted octanol–water partition coefficient (Wildman–Crippen LogP) is 2.06. The van der Waals surface area contributed by atoms with Crippen molar-refractivity contribution in [3.63, 3.8) is 0 Å². The van der Waals surface area contributed by atoms with E-state index in [1.54, 1.807) is 0 Å². The van der Waals surface area contributed by atoms with Gasteiger partial charge in [-0.1, -0.05) is 60.7 Å². The normalized spacial score (nSPS) is 9.26. The maximum Gasteiger partial charge on any atom is 0.237 e. The molecule has 5 heteroatoms. The number of carbonyl (C=O) groups is 1. The SMILES string of the molecule is O=Cn1cnnn1.c1ccc(-c2ccccc2)cc1. The molecule has 1 aromatic heterocycles. The fourth-order valence-corrected chi connectivity index (χ4v) is 1.48. The molecule has 0 atom stereocenters. The van der Waals surface area contributed by atoms with Crippen LogP contribution in [0.3, 0.4) is 0 Å². The maximum atomic E-state index is 9.69. The van der Waals surface area contributed by atoms with Gasteiger partial charge in [-0.15, -0.1) is 5.10 Å². The van der Waals surface area contributed by atoms with Crippen LogP contribution in [-0.2, 0) is 4.79 Å². The first-order valence-corrected chi connectivity index (χ1v) is 5.68. The Hall–Kier alpha value is -2.82. The van der Waals surface area contributed by atoms with Gasteiger partial charge < -0.3 is 0 Å². The molecule has 0 fully saturated rings. The zero-order chi connectivity index (χ0) is 13.3. The van der Waals surface area contributed by atoms with E-state index < -0.39 is 0 Å². The highest BCUT2D eigenvalue weighted by Crippen LogP contribution is 2.17. The number of rotatable bonds is 2. The van der Waals surface area contributed by atoms with Crippen molar-refractivity contribution in [2.75, 3.05) is 0 Å². The molecule has 0 bridgehead atoms. The van der Waals surface area contributed by atoms with E-state index in [2.05, 4.69) is 64.1 Å². The Morgan fingerprint density at radius 3 is 1.68 bits per heavy atom. The summed E-state index contributed by atoms with van der Waals surface area (Å²) in [7, 11) is 0. The van der Waals surface area contributed by atoms with Crippen molar-refractivity contribution in [1.82, 2.24) is 20.2 Å². The van der Waals surface area contributed by atoms with Crippen molar-refractivity contribution < 1.29 is 4.79 Å². The van der Waals surface area contributed by atoms with E-state index in [9.17, 15) is 4.79 Å². The average Bonchev–Trinajstić information content (AvgIpc) is 3.03. The molecule has 19 heavy (non-hydrogen) atoms. The first-order valence-electron chi connectivity index (χ1n) is 5.68. The lowest BCUT2D eigenvalue weighted by atomic mass is 10.1. The zero-order valence-corrected chi connectivity index (χ0v) is 10.1. The molecule has 0 aliphatic carbocycles. The van der Waals surface area contributed by atoms with Crippen molar-refractivity contribution in [1.29, 1.82) is 0 Å². The van der Waals surface area contributed by atoms with Gasteiger partial charge in [-0.2, -0.15) is 4.68 Å². The van der Waals surface area contributed by atoms with Crippen LogP contribution in [0.2, 0.25) is 0 Å². The van der Waals surface area contributed by atoms with Gasteiger partial charge in [0, 0.05) is 0 Å². The second-order valence-corrected chi connectivity index (χ2v) is 3.63. The Labute approximate surface area is 110 Å². The molecular weight excluding hydrogens is 240 g/mol. The van der Waals surface area contributed by atoms with Crippen molar-refractivity contribution in [3.05, 3.63) is 67.0 Å². The third kappa shape index (κ3) is 3.85. The lowest BCUT2D eigenvalue weighted by molar-refractivity contribution is 0.538. The summed E-state index contributed by atoms with van der Waals surface area (Å²) in [6.45, 7) is 0. The van der Waals surface area contributed by atoms with Gasteiger partial charge in [0.2, 0.25) is 6.41 Å². The van der Waals surface area contributed by atoms with Crippen LogP contribution in [0.25, 0.3) is 11.1 Å². The minimum absolute atomic E-state index is 0.514. The number of hydrogen-bond acceptors (Lipinski definition) is 4. The summed E-state index contributed by atoms with van der Waals surface area (Å²) in [5.41, 5.74) is 2.55. The van der Waals surface area contributed by atoms with Crippen molar-refractivity contribution in [2.45, 2.75) is 0 Å². The smallest absolute Gasteiger partial charge is 0.237 e. The minimum Gasteiger partial charge on any atom is -0.276 e. The van der Waals surface area contributed by atoms with Crippen molar-refractivity contribution in [3.8, 4) is 11.1 Å². The lowest BCUT2D eigenvalue weighted by Gasteiger charge is -1.98. The van der Waals surface area contributed by atoms with Crippen LogP contribution < -0.4 is 0 Å². The van der Waals surface area contributed by atoms with E-state index in [1.807, 2.05) is 12.1 Å². The molecule has 0 N–H and O–H groups in total. The van der Waals surface area contributed by atoms with Gasteiger partial charge in [-0.05, 0) is 21.6 Å². The molecule has 3 rings (SSSR count). The van der Waals surface area contributed by atoms with Gasteiger partial charge in [-0.25, -0.2) is 0 Å². The number of nitrogens with zero attached hydrogens (tertiary/aromatic N) is 4. The lowest BCUT2D eigenvalue weighted by Crippen LogP contribution is -1.93. The third-order valence-corrected chi connectivity index (χ3v) is 2.35. The van der Waals surface area contributed by atoms with Crippen LogP contribution in [0.5, 0.6) is 0 Å². The van der Waals surface area contributed by atoms with E-state index in [0.29, 0.717) is 6.41 Å². The summed E-state index contributed by atoms with van der Waals surface area (Å²) in [5.74, 6) is 0. The summed E-state index contributed by atoms with van der Waals surface area (Å²) < 4.78 is 0.972. The van der Waals surface area contributed by atoms with E-state index in [1.165, 1.54) is 17.5 Å². The second-order valence-electron chi connectivity index (χ2n) is 3.63. The standard InChI is InChI=1S/C12H10.C2H2N4O/c1-3-7-11(8-4-1)12-9-5-2-6-10-12;7-2-6-1-3-4-5-6/h1-10H;1-2H. The molecule has 0 radical (unpaired) electrons. The van der Waals surface area contributed by atoms with Crippen LogP contribution in [0.1, 0.15) is 0 Å². The van der Waals surface area contributed by atoms with Crippen LogP contribution >= 0.6 is 0 Å². The molecule has 94 valence electrons. The Kier molecular flexibility index (Phi) is 4.52. The van der Waals surface area contributed by atoms with E-state index in [4.69, 9.17) is 0 Å². The van der Waals surface area contributed by atoms with Gasteiger partial charge in [0.15, 0.2) is 0 Å². The second kappa shape index (κ2) is 6.80. The molecule has 0 aliphatic rings. The molecule has 0 saturated carbocycles. The quantitative estimate of drug-likeness (QED) is 0.517. The highest BCUT2D eigenvalue weighted by atomic mass is 16.1. The molecular formula is C14H12N4O. The Bertz CT molecular complexity index is 556. The maximum absolute atomic E-state index is 9.69. The van der Waals surface area contributed by atoms with Gasteiger partial charge in [-0.3, -0.25) is 4.79 Å². The zero-order valence-electron chi connectivity index (χ0n) is 10.1. The molecule has 0 unspecified atom stereocenters. The number of hydrogen-bond donors (Lipinski definition) is 0. The molecule has 5 nitrogen and oxygen atoms in total. The average molecular weight is 252 g/mol. The fourth-order valence-electron chi connectivity index (χ4n) is 1.48. The summed E-state index contributed by atoms with van der Waals surface area (Å²) in [5, 5.41) is 9.61. The first-order chi connectivity index (χ1) is 9.40.